The SMILES string of the molecule is O=C(CN1C(=O)c2ccccc2[C@H]1c1c[nH]c2ccccc12)N1CCc2ccccc2C1. The van der Waals surface area contributed by atoms with E-state index in [0.29, 0.717) is 18.7 Å². The van der Waals surface area contributed by atoms with Crippen LogP contribution in [0.3, 0.4) is 0 Å². The number of rotatable bonds is 3. The molecule has 2 amide bonds. The lowest BCUT2D eigenvalue weighted by Gasteiger charge is -2.32. The second kappa shape index (κ2) is 7.38. The van der Waals surface area contributed by atoms with Crippen LogP contribution in [0.25, 0.3) is 10.9 Å². The Morgan fingerprint density at radius 2 is 1.66 bits per heavy atom. The molecule has 0 radical (unpaired) electrons. The van der Waals surface area contributed by atoms with Crippen LogP contribution in [0.2, 0.25) is 0 Å². The lowest BCUT2D eigenvalue weighted by atomic mass is 9.97. The molecule has 0 fully saturated rings. The summed E-state index contributed by atoms with van der Waals surface area (Å²) in [5.74, 6) is -0.0906. The predicted octanol–water partition coefficient (Wildman–Crippen LogP) is 4.30. The zero-order valence-corrected chi connectivity index (χ0v) is 17.6. The van der Waals surface area contributed by atoms with Crippen LogP contribution in [0.5, 0.6) is 0 Å². The number of nitrogens with one attached hydrogen (secondary N) is 1. The van der Waals surface area contributed by atoms with Crippen LogP contribution in [0, 0.1) is 0 Å². The summed E-state index contributed by atoms with van der Waals surface area (Å²) in [6, 6.07) is 23.8. The third-order valence-corrected chi connectivity index (χ3v) is 6.76. The first-order chi connectivity index (χ1) is 15.7. The summed E-state index contributed by atoms with van der Waals surface area (Å²) in [7, 11) is 0. The largest absolute Gasteiger partial charge is 0.361 e. The molecule has 1 aromatic heterocycles. The number of nitrogens with zero attached hydrogens (tertiary/aromatic N) is 2. The Morgan fingerprint density at radius 1 is 0.906 bits per heavy atom. The number of amides is 2. The molecule has 1 N–H and O–H groups in total. The van der Waals surface area contributed by atoms with Gasteiger partial charge in [0.25, 0.3) is 5.91 Å². The number of H-pyrrole nitrogens is 1. The molecule has 3 aromatic carbocycles. The fraction of sp³-hybridized carbons (Fsp3) is 0.185. The third-order valence-electron chi connectivity index (χ3n) is 6.76. The molecule has 158 valence electrons. The summed E-state index contributed by atoms with van der Waals surface area (Å²) >= 11 is 0. The molecular formula is C27H23N3O2. The van der Waals surface area contributed by atoms with Crippen molar-refractivity contribution >= 4 is 22.7 Å². The van der Waals surface area contributed by atoms with Gasteiger partial charge in [-0.1, -0.05) is 60.7 Å². The van der Waals surface area contributed by atoms with Gasteiger partial charge in [-0.2, -0.15) is 0 Å². The number of aromatic nitrogens is 1. The van der Waals surface area contributed by atoms with Crippen molar-refractivity contribution in [1.29, 1.82) is 0 Å². The van der Waals surface area contributed by atoms with Gasteiger partial charge in [-0.3, -0.25) is 9.59 Å². The summed E-state index contributed by atoms with van der Waals surface area (Å²) in [6.07, 6.45) is 2.82. The van der Waals surface area contributed by atoms with Gasteiger partial charge in [0.2, 0.25) is 5.91 Å². The van der Waals surface area contributed by atoms with Crippen molar-refractivity contribution in [3.8, 4) is 0 Å². The maximum Gasteiger partial charge on any atom is 0.255 e. The topological polar surface area (TPSA) is 56.4 Å². The zero-order chi connectivity index (χ0) is 21.7. The molecule has 2 aliphatic rings. The molecule has 0 aliphatic carbocycles. The fourth-order valence-corrected chi connectivity index (χ4v) is 5.14. The van der Waals surface area contributed by atoms with Gasteiger partial charge in [0, 0.05) is 41.3 Å². The molecule has 5 heteroatoms. The average molecular weight is 422 g/mol. The Morgan fingerprint density at radius 3 is 2.56 bits per heavy atom. The molecule has 0 saturated carbocycles. The Labute approximate surface area is 186 Å². The van der Waals surface area contributed by atoms with Gasteiger partial charge in [-0.15, -0.1) is 0 Å². The molecule has 1 atom stereocenters. The highest BCUT2D eigenvalue weighted by atomic mass is 16.2. The lowest BCUT2D eigenvalue weighted by Crippen LogP contribution is -2.44. The monoisotopic (exact) mass is 421 g/mol. The number of hydrogen-bond donors (Lipinski definition) is 1. The summed E-state index contributed by atoms with van der Waals surface area (Å²) in [6.45, 7) is 1.35. The van der Waals surface area contributed by atoms with Crippen LogP contribution in [0.15, 0.2) is 79.0 Å². The van der Waals surface area contributed by atoms with Crippen LogP contribution in [0.1, 0.15) is 38.7 Å². The first-order valence-electron chi connectivity index (χ1n) is 11.0. The van der Waals surface area contributed by atoms with Gasteiger partial charge in [-0.25, -0.2) is 0 Å². The van der Waals surface area contributed by atoms with Crippen molar-refractivity contribution in [3.63, 3.8) is 0 Å². The number of hydrogen-bond acceptors (Lipinski definition) is 2. The lowest BCUT2D eigenvalue weighted by molar-refractivity contribution is -0.133. The minimum absolute atomic E-state index is 0.00880. The second-order valence-corrected chi connectivity index (χ2v) is 8.55. The summed E-state index contributed by atoms with van der Waals surface area (Å²) in [4.78, 5) is 33.7. The average Bonchev–Trinajstić information content (AvgIpc) is 3.38. The fourth-order valence-electron chi connectivity index (χ4n) is 5.14. The van der Waals surface area contributed by atoms with Gasteiger partial charge >= 0.3 is 0 Å². The first kappa shape index (κ1) is 18.9. The zero-order valence-electron chi connectivity index (χ0n) is 17.6. The minimum Gasteiger partial charge on any atom is -0.361 e. The van der Waals surface area contributed by atoms with Crippen LogP contribution >= 0.6 is 0 Å². The van der Waals surface area contributed by atoms with Crippen molar-refractivity contribution in [3.05, 3.63) is 107 Å². The molecule has 0 unspecified atom stereocenters. The van der Waals surface area contributed by atoms with Gasteiger partial charge in [-0.05, 0) is 35.2 Å². The van der Waals surface area contributed by atoms with E-state index in [9.17, 15) is 9.59 Å². The van der Waals surface area contributed by atoms with Crippen molar-refractivity contribution in [2.45, 2.75) is 19.0 Å². The molecule has 0 saturated heterocycles. The van der Waals surface area contributed by atoms with E-state index in [-0.39, 0.29) is 24.4 Å². The molecule has 4 aromatic rings. The number of carbonyl (C=O) groups is 2. The summed E-state index contributed by atoms with van der Waals surface area (Å²) < 4.78 is 0. The molecule has 6 rings (SSSR count). The van der Waals surface area contributed by atoms with Crippen molar-refractivity contribution < 1.29 is 9.59 Å². The molecule has 32 heavy (non-hydrogen) atoms. The molecule has 2 aliphatic heterocycles. The van der Waals surface area contributed by atoms with Crippen molar-refractivity contribution in [1.82, 2.24) is 14.8 Å². The Kier molecular flexibility index (Phi) is 4.35. The van der Waals surface area contributed by atoms with Gasteiger partial charge in [0.1, 0.15) is 6.54 Å². The quantitative estimate of drug-likeness (QED) is 0.536. The van der Waals surface area contributed by atoms with E-state index >= 15 is 0 Å². The number of fused-ring (bicyclic) bond motifs is 3. The third kappa shape index (κ3) is 2.93. The van der Waals surface area contributed by atoms with Gasteiger partial charge in [0.05, 0.1) is 6.04 Å². The molecule has 0 bridgehead atoms. The number of carbonyl (C=O) groups excluding carboxylic acids is 2. The molecular weight excluding hydrogens is 398 g/mol. The summed E-state index contributed by atoms with van der Waals surface area (Å²) in [5.41, 5.74) is 6.18. The van der Waals surface area contributed by atoms with Crippen molar-refractivity contribution in [2.24, 2.45) is 0 Å². The van der Waals surface area contributed by atoms with Crippen LogP contribution < -0.4 is 0 Å². The molecule has 5 nitrogen and oxygen atoms in total. The van der Waals surface area contributed by atoms with Crippen LogP contribution in [-0.4, -0.2) is 39.7 Å². The highest BCUT2D eigenvalue weighted by Gasteiger charge is 2.40. The Bertz CT molecular complexity index is 1360. The highest BCUT2D eigenvalue weighted by Crippen LogP contribution is 2.41. The first-order valence-corrected chi connectivity index (χ1v) is 11.0. The van der Waals surface area contributed by atoms with Crippen LogP contribution in [0.4, 0.5) is 0 Å². The van der Waals surface area contributed by atoms with E-state index in [1.165, 1.54) is 11.1 Å². The number of benzene rings is 3. The Balaban J connectivity index is 1.35. The van der Waals surface area contributed by atoms with E-state index in [1.54, 1.807) is 4.90 Å². The van der Waals surface area contributed by atoms with E-state index in [4.69, 9.17) is 0 Å². The molecule has 0 spiro atoms. The summed E-state index contributed by atoms with van der Waals surface area (Å²) in [5, 5.41) is 1.08. The van der Waals surface area contributed by atoms with Crippen molar-refractivity contribution in [2.75, 3.05) is 13.1 Å². The normalized spacial score (nSPS) is 17.5. The predicted molar refractivity (Wildman–Crippen MR) is 123 cm³/mol. The van der Waals surface area contributed by atoms with E-state index in [1.807, 2.05) is 65.7 Å². The van der Waals surface area contributed by atoms with E-state index in [0.717, 1.165) is 28.5 Å². The van der Waals surface area contributed by atoms with Gasteiger partial charge < -0.3 is 14.8 Å². The highest BCUT2D eigenvalue weighted by molar-refractivity contribution is 6.02. The second-order valence-electron chi connectivity index (χ2n) is 8.55. The smallest absolute Gasteiger partial charge is 0.255 e. The maximum absolute atomic E-state index is 13.4. The van der Waals surface area contributed by atoms with Gasteiger partial charge in [0.15, 0.2) is 0 Å². The van der Waals surface area contributed by atoms with Crippen LogP contribution in [-0.2, 0) is 17.8 Å². The Hall–Kier alpha value is -3.86. The van der Waals surface area contributed by atoms with E-state index < -0.39 is 0 Å². The minimum atomic E-state index is -0.282. The van der Waals surface area contributed by atoms with E-state index in [2.05, 4.69) is 23.2 Å². The number of aromatic amines is 1. The standard InChI is InChI=1S/C27H23N3O2/c31-25(29-14-13-18-7-1-2-8-19(18)16-29)17-30-26(21-10-3-4-11-22(21)27(30)32)23-15-28-24-12-6-5-9-20(23)24/h1-12,15,26,28H,13-14,16-17H2/t26-/m0/s1. The maximum atomic E-state index is 13.4. The number of para-hydroxylation sites is 1. The molecule has 3 heterocycles.